The zero-order valence-corrected chi connectivity index (χ0v) is 26.9. The third-order valence-corrected chi connectivity index (χ3v) is 11.2. The van der Waals surface area contributed by atoms with E-state index in [0.29, 0.717) is 29.9 Å². The summed E-state index contributed by atoms with van der Waals surface area (Å²) >= 11 is 0. The van der Waals surface area contributed by atoms with Crippen molar-refractivity contribution in [1.29, 1.82) is 0 Å². The maximum Gasteiger partial charge on any atom is 0.307 e. The van der Waals surface area contributed by atoms with Crippen molar-refractivity contribution in [3.8, 4) is 5.75 Å². The summed E-state index contributed by atoms with van der Waals surface area (Å²) in [6.45, 7) is 0.936. The fourth-order valence-electron chi connectivity index (χ4n) is 8.86. The van der Waals surface area contributed by atoms with Gasteiger partial charge in [-0.2, -0.15) is 0 Å². The summed E-state index contributed by atoms with van der Waals surface area (Å²) in [5.41, 5.74) is 3.46. The molecule has 5 rings (SSSR count). The maximum absolute atomic E-state index is 13.0. The first-order chi connectivity index (χ1) is 21.5. The van der Waals surface area contributed by atoms with E-state index in [1.165, 1.54) is 61.6 Å². The number of nitrogens with one attached hydrogen (secondary N) is 1. The van der Waals surface area contributed by atoms with E-state index in [9.17, 15) is 15.0 Å². The average Bonchev–Trinajstić information content (AvgIpc) is 3.54. The van der Waals surface area contributed by atoms with E-state index in [0.717, 1.165) is 57.4 Å². The van der Waals surface area contributed by atoms with Crippen LogP contribution in [0, 0.1) is 23.7 Å². The first-order valence-electron chi connectivity index (χ1n) is 17.6. The number of phenols is 1. The molecule has 0 amide bonds. The highest BCUT2D eigenvalue weighted by molar-refractivity contribution is 5.73. The Hall–Kier alpha value is -2.85. The summed E-state index contributed by atoms with van der Waals surface area (Å²) < 4.78 is 0. The monoisotopic (exact) mass is 597 g/mol. The number of carboxylic acid groups (broad SMARTS) is 1. The SMILES string of the molecule is CNC[C@@H]1CCC[C@@]2(C1)c1cccc(c1)C[C@@H](c1ccc(O)cc1)[C@H](CCCCCC[C@@H]1C=CCC1)C/C=C\C[C@H]2C(=O)O. The molecular weight excluding hydrogens is 542 g/mol. The number of hydrogen-bond acceptors (Lipinski definition) is 3. The minimum atomic E-state index is -0.658. The number of aliphatic carboxylic acids is 1. The van der Waals surface area contributed by atoms with Crippen molar-refractivity contribution in [3.63, 3.8) is 0 Å². The van der Waals surface area contributed by atoms with Crippen LogP contribution in [0.25, 0.3) is 0 Å². The van der Waals surface area contributed by atoms with Crippen LogP contribution in [-0.4, -0.2) is 29.8 Å². The predicted molar refractivity (Wildman–Crippen MR) is 181 cm³/mol. The summed E-state index contributed by atoms with van der Waals surface area (Å²) in [4.78, 5) is 13.0. The minimum Gasteiger partial charge on any atom is -0.508 e. The third-order valence-electron chi connectivity index (χ3n) is 11.2. The van der Waals surface area contributed by atoms with Gasteiger partial charge in [0.25, 0.3) is 0 Å². The molecule has 3 aliphatic rings. The molecule has 238 valence electrons. The Balaban J connectivity index is 1.41. The van der Waals surface area contributed by atoms with Gasteiger partial charge in [0.1, 0.15) is 5.75 Å². The van der Waals surface area contributed by atoms with Crippen LogP contribution in [0.15, 0.2) is 72.8 Å². The Labute approximate surface area is 266 Å². The fourth-order valence-corrected chi connectivity index (χ4v) is 8.86. The molecule has 0 unspecified atom stereocenters. The van der Waals surface area contributed by atoms with Crippen LogP contribution in [0.2, 0.25) is 0 Å². The lowest BCUT2D eigenvalue weighted by atomic mass is 9.58. The van der Waals surface area contributed by atoms with Crippen molar-refractivity contribution in [2.75, 3.05) is 13.6 Å². The summed E-state index contributed by atoms with van der Waals surface area (Å²) in [5.74, 6) is 1.32. The van der Waals surface area contributed by atoms with Gasteiger partial charge in [0.15, 0.2) is 0 Å². The molecule has 0 saturated heterocycles. The quantitative estimate of drug-likeness (QED) is 0.178. The van der Waals surface area contributed by atoms with Crippen molar-refractivity contribution in [1.82, 2.24) is 5.32 Å². The molecule has 1 fully saturated rings. The Morgan fingerprint density at radius 2 is 1.75 bits per heavy atom. The van der Waals surface area contributed by atoms with Crippen molar-refractivity contribution in [3.05, 3.63) is 89.5 Å². The van der Waals surface area contributed by atoms with E-state index in [1.54, 1.807) is 0 Å². The molecule has 44 heavy (non-hydrogen) atoms. The van der Waals surface area contributed by atoms with Crippen molar-refractivity contribution in [2.24, 2.45) is 23.7 Å². The summed E-state index contributed by atoms with van der Waals surface area (Å²) in [6, 6.07) is 16.9. The Kier molecular flexibility index (Phi) is 11.8. The van der Waals surface area contributed by atoms with Gasteiger partial charge in [0.2, 0.25) is 0 Å². The molecule has 0 radical (unpaired) electrons. The molecule has 6 atom stereocenters. The van der Waals surface area contributed by atoms with Crippen molar-refractivity contribution in [2.45, 2.75) is 108 Å². The molecule has 2 bridgehead atoms. The van der Waals surface area contributed by atoms with E-state index in [4.69, 9.17) is 0 Å². The molecule has 0 aromatic heterocycles. The standard InChI is InChI=1S/C40H55NO3/c1-41-29-32-16-11-25-40(28-32)35-19-10-15-31(26-35)27-37(34-21-23-36(42)24-22-34)33(18-8-9-20-38(40)39(43)44)17-5-3-2-4-12-30-13-6-7-14-30/h6,8-10,13,15,19,21-24,26,30,32-33,37-38,41-42H,2-5,7,11-12,14,16-18,20,25,27-29H2,1H3,(H,43,44)/b9-8-/t30-,32-,33-,37-,38+,40-/m1/s1. The second-order valence-electron chi connectivity index (χ2n) is 14.1. The zero-order chi connectivity index (χ0) is 30.8. The molecule has 4 nitrogen and oxygen atoms in total. The second kappa shape index (κ2) is 15.9. The van der Waals surface area contributed by atoms with Gasteiger partial charge < -0.3 is 15.5 Å². The summed E-state index contributed by atoms with van der Waals surface area (Å²) in [5, 5.41) is 24.1. The number of carboxylic acids is 1. The van der Waals surface area contributed by atoms with Crippen LogP contribution >= 0.6 is 0 Å². The highest BCUT2D eigenvalue weighted by Crippen LogP contribution is 2.49. The number of benzene rings is 2. The second-order valence-corrected chi connectivity index (χ2v) is 14.1. The molecule has 2 aromatic rings. The normalized spacial score (nSPS) is 29.6. The Morgan fingerprint density at radius 3 is 2.50 bits per heavy atom. The first-order valence-corrected chi connectivity index (χ1v) is 17.6. The molecule has 0 aliphatic heterocycles. The van der Waals surface area contributed by atoms with Crippen LogP contribution in [0.4, 0.5) is 0 Å². The van der Waals surface area contributed by atoms with E-state index < -0.39 is 11.9 Å². The van der Waals surface area contributed by atoms with Crippen LogP contribution in [0.5, 0.6) is 5.75 Å². The van der Waals surface area contributed by atoms with Crippen molar-refractivity contribution >= 4 is 5.97 Å². The number of phenolic OH excluding ortho intramolecular Hbond substituents is 1. The fraction of sp³-hybridized carbons (Fsp3) is 0.575. The number of fused-ring (bicyclic) bond motifs is 3. The topological polar surface area (TPSA) is 69.6 Å². The summed E-state index contributed by atoms with van der Waals surface area (Å²) in [6.07, 6.45) is 26.0. The predicted octanol–water partition coefficient (Wildman–Crippen LogP) is 9.34. The number of unbranched alkanes of at least 4 members (excludes halogenated alkanes) is 3. The maximum atomic E-state index is 13.0. The van der Waals surface area contributed by atoms with Crippen LogP contribution in [-0.2, 0) is 16.6 Å². The molecule has 2 aromatic carbocycles. The van der Waals surface area contributed by atoms with Gasteiger partial charge in [-0.3, -0.25) is 4.79 Å². The van der Waals surface area contributed by atoms with Gasteiger partial charge in [-0.05, 0) is 130 Å². The van der Waals surface area contributed by atoms with Gasteiger partial charge in [-0.1, -0.05) is 92.8 Å². The number of carbonyl (C=O) groups is 1. The van der Waals surface area contributed by atoms with Gasteiger partial charge in [0, 0.05) is 5.41 Å². The van der Waals surface area contributed by atoms with Crippen LogP contribution < -0.4 is 5.32 Å². The first kappa shape index (κ1) is 32.5. The lowest BCUT2D eigenvalue weighted by Crippen LogP contribution is -2.45. The molecule has 4 heteroatoms. The van der Waals surface area contributed by atoms with Gasteiger partial charge in [0.05, 0.1) is 5.92 Å². The Bertz CT molecular complexity index is 1250. The minimum absolute atomic E-state index is 0.313. The molecule has 0 heterocycles. The third kappa shape index (κ3) is 8.24. The number of aromatic hydroxyl groups is 1. The van der Waals surface area contributed by atoms with E-state index in [1.807, 2.05) is 19.2 Å². The van der Waals surface area contributed by atoms with Gasteiger partial charge >= 0.3 is 5.97 Å². The summed E-state index contributed by atoms with van der Waals surface area (Å²) in [7, 11) is 2.01. The van der Waals surface area contributed by atoms with Gasteiger partial charge in [-0.15, -0.1) is 0 Å². The average molecular weight is 598 g/mol. The van der Waals surface area contributed by atoms with Crippen molar-refractivity contribution < 1.29 is 15.0 Å². The van der Waals surface area contributed by atoms with E-state index >= 15 is 0 Å². The number of hydrogen-bond donors (Lipinski definition) is 3. The van der Waals surface area contributed by atoms with Crippen LogP contribution in [0.1, 0.15) is 112 Å². The zero-order valence-electron chi connectivity index (χ0n) is 26.9. The lowest BCUT2D eigenvalue weighted by molar-refractivity contribution is -0.145. The molecule has 3 N–H and O–H groups in total. The van der Waals surface area contributed by atoms with Gasteiger partial charge in [-0.25, -0.2) is 0 Å². The molecular formula is C40H55NO3. The smallest absolute Gasteiger partial charge is 0.307 e. The lowest BCUT2D eigenvalue weighted by Gasteiger charge is -2.45. The van der Waals surface area contributed by atoms with Crippen LogP contribution in [0.3, 0.4) is 0 Å². The largest absolute Gasteiger partial charge is 0.508 e. The Morgan fingerprint density at radius 1 is 0.955 bits per heavy atom. The number of rotatable bonds is 11. The molecule has 3 aliphatic carbocycles. The molecule has 1 saturated carbocycles. The number of allylic oxidation sites excluding steroid dienone is 4. The highest BCUT2D eigenvalue weighted by Gasteiger charge is 2.47. The van der Waals surface area contributed by atoms with E-state index in [-0.39, 0.29) is 5.41 Å². The highest BCUT2D eigenvalue weighted by atomic mass is 16.4. The molecule has 1 spiro atoms. The van der Waals surface area contributed by atoms with E-state index in [2.05, 4.69) is 66.0 Å².